The van der Waals surface area contributed by atoms with E-state index in [2.05, 4.69) is 21.2 Å². The van der Waals surface area contributed by atoms with E-state index in [0.29, 0.717) is 28.7 Å². The number of nitrogens with zero attached hydrogens (tertiary/aromatic N) is 2. The molecule has 2 aromatic carbocycles. The van der Waals surface area contributed by atoms with Gasteiger partial charge in [-0.15, -0.1) is 0 Å². The molecule has 1 heterocycles. The molecule has 2 unspecified atom stereocenters. The molecule has 39 heavy (non-hydrogen) atoms. The predicted octanol–water partition coefficient (Wildman–Crippen LogP) is 2.47. The van der Waals surface area contributed by atoms with Crippen LogP contribution in [0, 0.1) is 10.1 Å². The lowest BCUT2D eigenvalue weighted by atomic mass is 10.1. The molecule has 2 N–H and O–H groups in total. The Morgan fingerprint density at radius 3 is 2.38 bits per heavy atom. The number of non-ortho nitro benzene ring substituents is 1. The predicted molar refractivity (Wildman–Crippen MR) is 142 cm³/mol. The molecule has 2 aromatic rings. The largest absolute Gasteiger partial charge is 0.509 e. The van der Waals surface area contributed by atoms with Gasteiger partial charge >= 0.3 is 5.97 Å². The molecule has 0 bridgehead atoms. The van der Waals surface area contributed by atoms with Crippen molar-refractivity contribution in [3.8, 4) is 11.5 Å². The first-order valence-electron chi connectivity index (χ1n) is 11.1. The van der Waals surface area contributed by atoms with Crippen LogP contribution in [0.5, 0.6) is 11.5 Å². The van der Waals surface area contributed by atoms with Crippen molar-refractivity contribution < 1.29 is 43.4 Å². The van der Waals surface area contributed by atoms with Gasteiger partial charge in [0.1, 0.15) is 35.3 Å². The summed E-state index contributed by atoms with van der Waals surface area (Å²) in [6, 6.07) is 10.5. The molecule has 1 aliphatic heterocycles. The summed E-state index contributed by atoms with van der Waals surface area (Å²) in [7, 11) is 1.51. The monoisotopic (exact) mass is 623 g/mol. The van der Waals surface area contributed by atoms with E-state index >= 15 is 0 Å². The highest BCUT2D eigenvalue weighted by atomic mass is 79.9. The number of nitrogens with one attached hydrogen (secondary N) is 1. The number of allylic oxidation sites excluding steroid dienone is 1. The number of thioether (sulfide) groups is 1. The zero-order chi connectivity index (χ0) is 28.5. The number of esters is 1. The van der Waals surface area contributed by atoms with Crippen molar-refractivity contribution >= 4 is 56.8 Å². The third-order valence-corrected chi connectivity index (χ3v) is 6.74. The lowest BCUT2D eigenvalue weighted by Gasteiger charge is -2.45. The van der Waals surface area contributed by atoms with Crippen molar-refractivity contribution in [2.24, 2.45) is 0 Å². The maximum Gasteiger partial charge on any atom is 0.358 e. The van der Waals surface area contributed by atoms with E-state index in [9.17, 15) is 34.4 Å². The Kier molecular flexibility index (Phi) is 10.3. The van der Waals surface area contributed by atoms with Crippen LogP contribution < -0.4 is 14.8 Å². The number of methoxy groups -OCH3 is 1. The number of carbonyl (C=O) groups excluding carboxylic acids is 4. The van der Waals surface area contributed by atoms with Gasteiger partial charge in [0.15, 0.2) is 17.9 Å². The molecule has 0 radical (unpaired) electrons. The third kappa shape index (κ3) is 7.26. The minimum Gasteiger partial charge on any atom is -0.509 e. The first-order valence-corrected chi connectivity index (χ1v) is 13.1. The number of nitro groups is 1. The van der Waals surface area contributed by atoms with Gasteiger partial charge in [-0.25, -0.2) is 4.79 Å². The van der Waals surface area contributed by atoms with Gasteiger partial charge in [0, 0.05) is 12.1 Å². The molecule has 15 heteroatoms. The fourth-order valence-corrected chi connectivity index (χ4v) is 4.47. The molecule has 1 fully saturated rings. The van der Waals surface area contributed by atoms with Crippen LogP contribution in [0.15, 0.2) is 60.0 Å². The van der Waals surface area contributed by atoms with Crippen LogP contribution in [0.2, 0.25) is 0 Å². The molecular formula is C24H22BrN3O10S. The first kappa shape index (κ1) is 29.4. The number of nitro benzene ring substituents is 1. The molecule has 0 aliphatic carbocycles. The molecule has 0 aromatic heterocycles. The number of hydrogen-bond donors (Lipinski definition) is 2. The Balaban J connectivity index is 1.66. The van der Waals surface area contributed by atoms with Crippen LogP contribution >= 0.6 is 27.7 Å². The number of β-lactam (4-membered cyclic amide) rings is 1. The number of halogens is 1. The molecule has 1 aliphatic rings. The van der Waals surface area contributed by atoms with Crippen molar-refractivity contribution in [1.29, 1.82) is 0 Å². The van der Waals surface area contributed by atoms with E-state index in [1.165, 1.54) is 31.4 Å². The van der Waals surface area contributed by atoms with Gasteiger partial charge in [-0.2, -0.15) is 0 Å². The second-order valence-corrected chi connectivity index (χ2v) is 9.28. The number of aliphatic hydroxyl groups excluding tert-OH is 1. The minimum atomic E-state index is -1.21. The lowest BCUT2D eigenvalue weighted by Crippen LogP contribution is -2.70. The summed E-state index contributed by atoms with van der Waals surface area (Å²) in [5, 5.41) is 22.3. The Labute approximate surface area is 234 Å². The summed E-state index contributed by atoms with van der Waals surface area (Å²) in [5.74, 6) is -2.22. The average Bonchev–Trinajstić information content (AvgIpc) is 2.95. The summed E-state index contributed by atoms with van der Waals surface area (Å²) in [5.41, 5.74) is 0.423. The van der Waals surface area contributed by atoms with E-state index in [-0.39, 0.29) is 23.4 Å². The van der Waals surface area contributed by atoms with E-state index < -0.39 is 52.2 Å². The number of carbonyl (C=O) groups is 4. The number of hydrogen-bond acceptors (Lipinski definition) is 11. The smallest absolute Gasteiger partial charge is 0.358 e. The second-order valence-electron chi connectivity index (χ2n) is 7.77. The third-order valence-electron chi connectivity index (χ3n) is 5.34. The summed E-state index contributed by atoms with van der Waals surface area (Å²) >= 11 is 3.65. The van der Waals surface area contributed by atoms with E-state index in [1.54, 1.807) is 24.3 Å². The summed E-state index contributed by atoms with van der Waals surface area (Å²) in [6.45, 7) is -0.700. The highest BCUT2D eigenvalue weighted by Crippen LogP contribution is 2.34. The molecule has 2 atom stereocenters. The van der Waals surface area contributed by atoms with Gasteiger partial charge in [0.2, 0.25) is 0 Å². The number of aliphatic hydroxyl groups is 1. The van der Waals surface area contributed by atoms with E-state index in [1.807, 2.05) is 0 Å². The minimum absolute atomic E-state index is 0.154. The molecule has 13 nitrogen and oxygen atoms in total. The van der Waals surface area contributed by atoms with Crippen molar-refractivity contribution in [3.05, 3.63) is 75.7 Å². The molecule has 1 saturated heterocycles. The second kappa shape index (κ2) is 13.6. The van der Waals surface area contributed by atoms with Crippen molar-refractivity contribution in [2.75, 3.05) is 19.0 Å². The Morgan fingerprint density at radius 1 is 1.18 bits per heavy atom. The highest BCUT2D eigenvalue weighted by molar-refractivity contribution is 9.09. The number of ether oxygens (including phenoxy) is 3. The number of amides is 2. The van der Waals surface area contributed by atoms with Crippen LogP contribution in [0.4, 0.5) is 5.69 Å². The standard InChI is InChI=1S/C24H22BrN3O10S/c1-36-16-6-2-14(3-7-16)11-38-24(33)21(18(30)10-25)27-22(32)20(23(27)39-13-29)26-19(31)12-37-17-8-4-15(5-9-17)28(34)35/h2-9,13,20,23,30H,10-12H2,1H3,(H,26,31). The fraction of sp³-hybridized carbons (Fsp3) is 0.250. The topological polar surface area (TPSA) is 175 Å². The summed E-state index contributed by atoms with van der Waals surface area (Å²) < 4.78 is 15.6. The first-order chi connectivity index (χ1) is 18.7. The number of rotatable bonds is 13. The zero-order valence-electron chi connectivity index (χ0n) is 20.3. The maximum atomic E-state index is 13.0. The van der Waals surface area contributed by atoms with Crippen LogP contribution in [0.25, 0.3) is 0 Å². The summed E-state index contributed by atoms with van der Waals surface area (Å²) in [4.78, 5) is 60.6. The van der Waals surface area contributed by atoms with Crippen LogP contribution in [0.1, 0.15) is 5.56 Å². The van der Waals surface area contributed by atoms with E-state index in [4.69, 9.17) is 14.2 Å². The van der Waals surface area contributed by atoms with E-state index in [0.717, 1.165) is 4.90 Å². The number of benzene rings is 2. The molecule has 3 rings (SSSR count). The van der Waals surface area contributed by atoms with Crippen molar-refractivity contribution in [1.82, 2.24) is 10.2 Å². The van der Waals surface area contributed by atoms with Gasteiger partial charge in [-0.3, -0.25) is 29.4 Å². The Hall–Kier alpha value is -4.11. The highest BCUT2D eigenvalue weighted by Gasteiger charge is 2.53. The summed E-state index contributed by atoms with van der Waals surface area (Å²) in [6.07, 6.45) is 0. The van der Waals surface area contributed by atoms with Crippen LogP contribution in [0.3, 0.4) is 0 Å². The van der Waals surface area contributed by atoms with Crippen LogP contribution in [-0.2, 0) is 30.5 Å². The Bertz CT molecular complexity index is 1270. The lowest BCUT2D eigenvalue weighted by molar-refractivity contribution is -0.384. The van der Waals surface area contributed by atoms with Crippen molar-refractivity contribution in [3.63, 3.8) is 0 Å². The SMILES string of the molecule is COc1ccc(COC(=O)C(=C(O)CBr)N2C(=O)C(NC(=O)COc3ccc([N+](=O)[O-])cc3)C2SC=O)cc1. The Morgan fingerprint density at radius 2 is 1.82 bits per heavy atom. The molecule has 206 valence electrons. The fourth-order valence-electron chi connectivity index (χ4n) is 3.42. The van der Waals surface area contributed by atoms with Crippen molar-refractivity contribution in [2.45, 2.75) is 18.0 Å². The van der Waals surface area contributed by atoms with Gasteiger partial charge < -0.3 is 24.6 Å². The zero-order valence-corrected chi connectivity index (χ0v) is 22.7. The normalized spacial score (nSPS) is 16.9. The number of alkyl halides is 1. The van der Waals surface area contributed by atoms with Gasteiger partial charge in [0.05, 0.1) is 17.4 Å². The van der Waals surface area contributed by atoms with Gasteiger partial charge in [0.25, 0.3) is 17.5 Å². The maximum absolute atomic E-state index is 13.0. The van der Waals surface area contributed by atoms with Crippen LogP contribution in [-0.4, -0.2) is 68.8 Å². The van der Waals surface area contributed by atoms with Gasteiger partial charge in [-0.05, 0) is 29.8 Å². The number of likely N-dealkylation sites (tertiary alicyclic amines) is 1. The molecule has 0 spiro atoms. The average molecular weight is 624 g/mol. The molecule has 2 amide bonds. The molecule has 0 saturated carbocycles. The van der Waals surface area contributed by atoms with Gasteiger partial charge in [-0.1, -0.05) is 39.8 Å². The quantitative estimate of drug-likeness (QED) is 0.0490. The molecular weight excluding hydrogens is 602 g/mol.